The number of hydrogen-bond acceptors (Lipinski definition) is 5. The molecule has 0 unspecified atom stereocenters. The van der Waals surface area contributed by atoms with E-state index in [4.69, 9.17) is 13.3 Å². The quantitative estimate of drug-likeness (QED) is 0.391. The monoisotopic (exact) mass is 346 g/mol. The van der Waals surface area contributed by atoms with Crippen LogP contribution in [0.5, 0.6) is 0 Å². The van der Waals surface area contributed by atoms with Crippen molar-refractivity contribution in [2.75, 3.05) is 48.0 Å². The van der Waals surface area contributed by atoms with Crippen molar-refractivity contribution >= 4 is 20.6 Å². The highest BCUT2D eigenvalue weighted by Gasteiger charge is 2.37. The Hall–Kier alpha value is -1.22. The number of likely N-dealkylation sites (N-methyl/N-ethyl adjacent to an activating group) is 1. The van der Waals surface area contributed by atoms with Gasteiger partial charge in [-0.25, -0.2) is 0 Å². The molecule has 0 N–H and O–H groups in total. The molecule has 0 saturated heterocycles. The van der Waals surface area contributed by atoms with Crippen molar-refractivity contribution < 1.29 is 22.9 Å². The standard InChI is InChI=1S/C15H30N2O5Si/c1-7-15(19)16(3)10-8-11-17(14(2)18)12-9-13-23(20-4,21-5)22-6/h7H,1,8-13H2,2-6H3. The molecule has 0 spiro atoms. The summed E-state index contributed by atoms with van der Waals surface area (Å²) < 4.78 is 16.1. The first-order valence-corrected chi connectivity index (χ1v) is 9.57. The third-order valence-corrected chi connectivity index (χ3v) is 6.59. The van der Waals surface area contributed by atoms with E-state index in [9.17, 15) is 9.59 Å². The van der Waals surface area contributed by atoms with E-state index in [0.717, 1.165) is 12.8 Å². The maximum Gasteiger partial charge on any atom is 0.500 e. The van der Waals surface area contributed by atoms with Gasteiger partial charge in [-0.3, -0.25) is 9.59 Å². The SMILES string of the molecule is C=CC(=O)N(C)CCCN(CCC[Si](OC)(OC)OC)C(C)=O. The second kappa shape index (κ2) is 11.3. The molecule has 0 bridgehead atoms. The topological polar surface area (TPSA) is 68.3 Å². The normalized spacial score (nSPS) is 11.2. The molecule has 0 aliphatic rings. The summed E-state index contributed by atoms with van der Waals surface area (Å²) in [4.78, 5) is 26.5. The van der Waals surface area contributed by atoms with Crippen molar-refractivity contribution in [3.63, 3.8) is 0 Å². The molecule has 0 rings (SSSR count). The maximum atomic E-state index is 11.7. The predicted molar refractivity (Wildman–Crippen MR) is 90.9 cm³/mol. The van der Waals surface area contributed by atoms with E-state index in [-0.39, 0.29) is 11.8 Å². The summed E-state index contributed by atoms with van der Waals surface area (Å²) >= 11 is 0. The van der Waals surface area contributed by atoms with Gasteiger partial charge in [-0.15, -0.1) is 0 Å². The number of rotatable bonds is 12. The summed E-state index contributed by atoms with van der Waals surface area (Å²) in [6.45, 7) is 6.80. The summed E-state index contributed by atoms with van der Waals surface area (Å²) in [5.41, 5.74) is 0. The van der Waals surface area contributed by atoms with Crippen LogP contribution in [0.4, 0.5) is 0 Å². The molecule has 0 aromatic heterocycles. The predicted octanol–water partition coefficient (Wildman–Crippen LogP) is 1.14. The average molecular weight is 347 g/mol. The Morgan fingerprint density at radius 3 is 2.00 bits per heavy atom. The zero-order chi connectivity index (χ0) is 17.9. The van der Waals surface area contributed by atoms with E-state index in [0.29, 0.717) is 25.7 Å². The lowest BCUT2D eigenvalue weighted by molar-refractivity contribution is -0.129. The van der Waals surface area contributed by atoms with Crippen LogP contribution in [0.25, 0.3) is 0 Å². The summed E-state index contributed by atoms with van der Waals surface area (Å²) in [5.74, 6) is -0.0994. The smallest absolute Gasteiger partial charge is 0.377 e. The molecule has 134 valence electrons. The van der Waals surface area contributed by atoms with Crippen LogP contribution in [0.3, 0.4) is 0 Å². The van der Waals surface area contributed by atoms with Gasteiger partial charge in [0.2, 0.25) is 11.8 Å². The molecule has 0 heterocycles. The molecule has 0 aromatic rings. The minimum atomic E-state index is -2.59. The highest BCUT2D eigenvalue weighted by molar-refractivity contribution is 6.60. The van der Waals surface area contributed by atoms with Crippen LogP contribution in [0.2, 0.25) is 6.04 Å². The minimum Gasteiger partial charge on any atom is -0.377 e. The lowest BCUT2D eigenvalue weighted by atomic mass is 10.3. The fourth-order valence-corrected chi connectivity index (χ4v) is 3.94. The summed E-state index contributed by atoms with van der Waals surface area (Å²) in [6.07, 6.45) is 2.74. The van der Waals surface area contributed by atoms with E-state index < -0.39 is 8.80 Å². The molecule has 0 radical (unpaired) electrons. The lowest BCUT2D eigenvalue weighted by Gasteiger charge is -2.27. The molecule has 8 heteroatoms. The van der Waals surface area contributed by atoms with Gasteiger partial charge in [0.25, 0.3) is 0 Å². The van der Waals surface area contributed by atoms with Gasteiger partial charge in [-0.2, -0.15) is 0 Å². The largest absolute Gasteiger partial charge is 0.500 e. The summed E-state index contributed by atoms with van der Waals surface area (Å²) in [6, 6.07) is 0.648. The maximum absolute atomic E-state index is 11.7. The molecular formula is C15H30N2O5Si. The first kappa shape index (κ1) is 21.8. The molecule has 0 fully saturated rings. The van der Waals surface area contributed by atoms with Gasteiger partial charge in [0.1, 0.15) is 0 Å². The Kier molecular flexibility index (Phi) is 10.7. The van der Waals surface area contributed by atoms with E-state index in [2.05, 4.69) is 6.58 Å². The molecule has 0 aromatic carbocycles. The zero-order valence-corrected chi connectivity index (χ0v) is 16.0. The third-order valence-electron chi connectivity index (χ3n) is 3.76. The van der Waals surface area contributed by atoms with Crippen molar-refractivity contribution in [3.8, 4) is 0 Å². The summed E-state index contributed by atoms with van der Waals surface area (Å²) in [7, 11) is 3.86. The lowest BCUT2D eigenvalue weighted by Crippen LogP contribution is -2.43. The van der Waals surface area contributed by atoms with Gasteiger partial charge in [-0.05, 0) is 18.9 Å². The van der Waals surface area contributed by atoms with Gasteiger partial charge in [0, 0.05) is 61.0 Å². The van der Waals surface area contributed by atoms with Gasteiger partial charge >= 0.3 is 8.80 Å². The highest BCUT2D eigenvalue weighted by atomic mass is 28.4. The Morgan fingerprint density at radius 1 is 1.04 bits per heavy atom. The van der Waals surface area contributed by atoms with E-state index in [1.54, 1.807) is 45.1 Å². The van der Waals surface area contributed by atoms with Crippen molar-refractivity contribution in [2.45, 2.75) is 25.8 Å². The Bertz CT molecular complexity index is 380. The van der Waals surface area contributed by atoms with Crippen LogP contribution in [-0.2, 0) is 22.9 Å². The van der Waals surface area contributed by atoms with Gasteiger partial charge in [0.15, 0.2) is 0 Å². The van der Waals surface area contributed by atoms with Crippen molar-refractivity contribution in [2.24, 2.45) is 0 Å². The average Bonchev–Trinajstić information content (AvgIpc) is 2.56. The van der Waals surface area contributed by atoms with Crippen LogP contribution in [0.15, 0.2) is 12.7 Å². The highest BCUT2D eigenvalue weighted by Crippen LogP contribution is 2.15. The number of hydrogen-bond donors (Lipinski definition) is 0. The molecule has 2 amide bonds. The van der Waals surface area contributed by atoms with Gasteiger partial charge in [0.05, 0.1) is 0 Å². The molecule has 0 aliphatic carbocycles. The van der Waals surface area contributed by atoms with Crippen molar-refractivity contribution in [3.05, 3.63) is 12.7 Å². The van der Waals surface area contributed by atoms with Crippen molar-refractivity contribution in [1.29, 1.82) is 0 Å². The van der Waals surface area contributed by atoms with Crippen molar-refractivity contribution in [1.82, 2.24) is 9.80 Å². The third kappa shape index (κ3) is 7.73. The number of carbonyl (C=O) groups is 2. The molecule has 7 nitrogen and oxygen atoms in total. The van der Waals surface area contributed by atoms with Crippen LogP contribution < -0.4 is 0 Å². The molecule has 0 aliphatic heterocycles. The Morgan fingerprint density at radius 2 is 1.57 bits per heavy atom. The second-order valence-electron chi connectivity index (χ2n) is 5.22. The molecule has 0 saturated carbocycles. The van der Waals surface area contributed by atoms with Crippen LogP contribution >= 0.6 is 0 Å². The number of carbonyl (C=O) groups excluding carboxylic acids is 2. The zero-order valence-electron chi connectivity index (χ0n) is 15.0. The minimum absolute atomic E-state index is 0.0159. The van der Waals surface area contributed by atoms with E-state index in [1.807, 2.05) is 0 Å². The van der Waals surface area contributed by atoms with Gasteiger partial charge < -0.3 is 23.1 Å². The Labute approximate surface area is 140 Å². The fraction of sp³-hybridized carbons (Fsp3) is 0.733. The van der Waals surface area contributed by atoms with Crippen LogP contribution in [0, 0.1) is 0 Å². The van der Waals surface area contributed by atoms with E-state index >= 15 is 0 Å². The Balaban J connectivity index is 4.30. The first-order chi connectivity index (χ1) is 10.9. The number of nitrogens with zero attached hydrogens (tertiary/aromatic N) is 2. The fourth-order valence-electron chi connectivity index (χ4n) is 2.23. The van der Waals surface area contributed by atoms with Crippen LogP contribution in [-0.4, -0.2) is 78.4 Å². The van der Waals surface area contributed by atoms with E-state index in [1.165, 1.54) is 6.08 Å². The molecule has 23 heavy (non-hydrogen) atoms. The first-order valence-electron chi connectivity index (χ1n) is 7.64. The molecule has 0 atom stereocenters. The van der Waals surface area contributed by atoms with Gasteiger partial charge in [-0.1, -0.05) is 6.58 Å². The number of amides is 2. The second-order valence-corrected chi connectivity index (χ2v) is 8.31. The van der Waals surface area contributed by atoms with Crippen LogP contribution in [0.1, 0.15) is 19.8 Å². The molecular weight excluding hydrogens is 316 g/mol. The summed E-state index contributed by atoms with van der Waals surface area (Å²) in [5, 5.41) is 0.